The van der Waals surface area contributed by atoms with Crippen LogP contribution in [0.3, 0.4) is 0 Å². The molecular formula is C44H54N8O6. The van der Waals surface area contributed by atoms with Gasteiger partial charge in [0.25, 0.3) is 0 Å². The fraction of sp³-hybridized carbons (Fsp3) is 0.500. The molecule has 306 valence electrons. The lowest BCUT2D eigenvalue weighted by molar-refractivity contribution is -0.140. The Hall–Kier alpha value is -5.66. The largest absolute Gasteiger partial charge is 0.453 e. The van der Waals surface area contributed by atoms with Crippen LogP contribution in [0.4, 0.5) is 9.59 Å². The van der Waals surface area contributed by atoms with Gasteiger partial charge in [-0.15, -0.1) is 0 Å². The maximum Gasteiger partial charge on any atom is 0.407 e. The summed E-state index contributed by atoms with van der Waals surface area (Å²) in [6.45, 7) is 7.71. The van der Waals surface area contributed by atoms with Crippen molar-refractivity contribution in [1.82, 2.24) is 40.4 Å². The number of rotatable bonds is 11. The van der Waals surface area contributed by atoms with Crippen molar-refractivity contribution in [2.75, 3.05) is 14.2 Å². The fourth-order valence-electron chi connectivity index (χ4n) is 9.13. The number of piperidine rings is 2. The van der Waals surface area contributed by atoms with Crippen molar-refractivity contribution < 1.29 is 28.7 Å². The maximum absolute atomic E-state index is 13.9. The van der Waals surface area contributed by atoms with E-state index in [-0.39, 0.29) is 47.8 Å². The number of aromatic nitrogens is 4. The Balaban J connectivity index is 0.944. The Morgan fingerprint density at radius 3 is 1.31 bits per heavy atom. The van der Waals surface area contributed by atoms with Crippen LogP contribution >= 0.6 is 0 Å². The average Bonchev–Trinajstić information content (AvgIpc) is 4.09. The van der Waals surface area contributed by atoms with Crippen LogP contribution in [0.5, 0.6) is 0 Å². The number of carbonyl (C=O) groups is 4. The van der Waals surface area contributed by atoms with E-state index in [0.29, 0.717) is 11.8 Å². The van der Waals surface area contributed by atoms with Gasteiger partial charge < -0.3 is 39.9 Å². The molecule has 14 nitrogen and oxygen atoms in total. The first-order valence-corrected chi connectivity index (χ1v) is 20.6. The SMILES string of the molecule is COC(=O)N[C@H](C(=O)N1C2CC2CC[C@H]1c1ncc(-c2ccc(-c3ccc(-c4cnc([C@@H]5CCC6CC6N5C(=O)[C@@H](NC(=O)OC)C(C)C)[nH]4)cc3)cc2)[nH]1)C(C)C. The van der Waals surface area contributed by atoms with Crippen molar-refractivity contribution >= 4 is 24.0 Å². The number of nitrogens with zero attached hydrogens (tertiary/aromatic N) is 4. The molecule has 0 radical (unpaired) electrons. The second-order valence-corrected chi connectivity index (χ2v) is 17.0. The van der Waals surface area contributed by atoms with E-state index < -0.39 is 24.3 Å². The minimum Gasteiger partial charge on any atom is -0.453 e. The lowest BCUT2D eigenvalue weighted by Gasteiger charge is -2.37. The molecule has 2 aliphatic heterocycles. The number of aromatic amines is 2. The molecule has 58 heavy (non-hydrogen) atoms. The molecule has 4 fully saturated rings. The van der Waals surface area contributed by atoms with E-state index in [2.05, 4.69) is 69.1 Å². The third kappa shape index (κ3) is 7.68. The number of imidazole rings is 2. The van der Waals surface area contributed by atoms with Gasteiger partial charge in [0, 0.05) is 12.1 Å². The number of ether oxygens (including phenoxy) is 2. The lowest BCUT2D eigenvalue weighted by atomic mass is 9.97. The number of benzene rings is 2. The third-order valence-electron chi connectivity index (χ3n) is 12.6. The summed E-state index contributed by atoms with van der Waals surface area (Å²) in [6, 6.07) is 15.2. The molecule has 2 saturated carbocycles. The number of H-pyrrole nitrogens is 2. The standard InChI is InChI=1S/C44H54N8O6/c1-23(2)37(49-43(55)57-5)41(53)51-33(17-15-29-19-35(29)51)39-45-21-31(47-39)27-11-7-25(8-12-27)26-9-13-28(14-10-26)32-22-46-40(48-32)34-18-16-30-20-36(30)52(34)42(54)38(24(3)4)50-44(56)58-6/h7-14,21-24,29-30,33-38H,15-20H2,1-6H3,(H,45,47)(H,46,48)(H,49,55)(H,50,56)/t29?,30?,33-,34-,35?,36?,37-,38-/m0/s1. The van der Waals surface area contributed by atoms with Crippen LogP contribution in [0.25, 0.3) is 33.6 Å². The molecule has 2 aromatic carbocycles. The Morgan fingerprint density at radius 2 is 0.966 bits per heavy atom. The molecule has 2 saturated heterocycles. The summed E-state index contributed by atoms with van der Waals surface area (Å²) in [5.74, 6) is 2.12. The Kier molecular flexibility index (Phi) is 10.8. The summed E-state index contributed by atoms with van der Waals surface area (Å²) in [6.07, 6.45) is 8.10. The normalized spacial score (nSPS) is 24.3. The van der Waals surface area contributed by atoms with E-state index in [1.54, 1.807) is 0 Å². The van der Waals surface area contributed by atoms with Crippen molar-refractivity contribution in [3.05, 3.63) is 72.6 Å². The molecule has 4 aromatic rings. The molecule has 2 aromatic heterocycles. The Morgan fingerprint density at radius 1 is 0.603 bits per heavy atom. The quantitative estimate of drug-likeness (QED) is 0.126. The van der Waals surface area contributed by atoms with Gasteiger partial charge in [0.05, 0.1) is 50.1 Å². The number of methoxy groups -OCH3 is 2. The molecule has 4 unspecified atom stereocenters. The molecule has 4 N–H and O–H groups in total. The summed E-state index contributed by atoms with van der Waals surface area (Å²) in [7, 11) is 2.61. The minimum absolute atomic E-state index is 0.0934. The van der Waals surface area contributed by atoms with E-state index in [0.717, 1.165) is 83.8 Å². The van der Waals surface area contributed by atoms with Crippen LogP contribution in [0, 0.1) is 23.7 Å². The predicted octanol–water partition coefficient (Wildman–Crippen LogP) is 7.00. The third-order valence-corrected chi connectivity index (χ3v) is 12.6. The number of amides is 4. The van der Waals surface area contributed by atoms with E-state index in [4.69, 9.17) is 19.4 Å². The fourth-order valence-corrected chi connectivity index (χ4v) is 9.13. The van der Waals surface area contributed by atoms with Crippen molar-refractivity contribution in [2.24, 2.45) is 23.7 Å². The van der Waals surface area contributed by atoms with Crippen LogP contribution in [-0.4, -0.2) is 92.1 Å². The zero-order valence-corrected chi connectivity index (χ0v) is 34.0. The molecule has 0 spiro atoms. The highest BCUT2D eigenvalue weighted by Crippen LogP contribution is 2.51. The van der Waals surface area contributed by atoms with Crippen molar-refractivity contribution in [2.45, 2.75) is 102 Å². The van der Waals surface area contributed by atoms with Gasteiger partial charge in [0.15, 0.2) is 0 Å². The number of fused-ring (bicyclic) bond motifs is 2. The molecule has 4 heterocycles. The summed E-state index contributed by atoms with van der Waals surface area (Å²) >= 11 is 0. The smallest absolute Gasteiger partial charge is 0.407 e. The van der Waals surface area contributed by atoms with Crippen LogP contribution in [-0.2, 0) is 19.1 Å². The lowest BCUT2D eigenvalue weighted by Crippen LogP contribution is -2.54. The second-order valence-electron chi connectivity index (χ2n) is 17.0. The first-order valence-electron chi connectivity index (χ1n) is 20.6. The Bertz CT molecular complexity index is 1990. The molecule has 0 bridgehead atoms. The van der Waals surface area contributed by atoms with Gasteiger partial charge in [-0.2, -0.15) is 0 Å². The second kappa shape index (κ2) is 15.9. The molecule has 8 atom stereocenters. The van der Waals surface area contributed by atoms with Gasteiger partial charge in [-0.05, 0) is 84.5 Å². The van der Waals surface area contributed by atoms with Crippen molar-refractivity contribution in [3.8, 4) is 33.6 Å². The van der Waals surface area contributed by atoms with Gasteiger partial charge in [-0.3, -0.25) is 9.59 Å². The highest BCUT2D eigenvalue weighted by Gasteiger charge is 2.53. The van der Waals surface area contributed by atoms with E-state index in [1.807, 2.05) is 49.9 Å². The number of alkyl carbamates (subject to hydrolysis) is 2. The monoisotopic (exact) mass is 790 g/mol. The van der Waals surface area contributed by atoms with Gasteiger partial charge >= 0.3 is 12.2 Å². The molecule has 14 heteroatoms. The van der Waals surface area contributed by atoms with Gasteiger partial charge in [0.2, 0.25) is 11.8 Å². The molecule has 2 aliphatic carbocycles. The van der Waals surface area contributed by atoms with Crippen molar-refractivity contribution in [1.29, 1.82) is 0 Å². The summed E-state index contributed by atoms with van der Waals surface area (Å²) in [4.78, 5) is 72.6. The summed E-state index contributed by atoms with van der Waals surface area (Å²) in [5.41, 5.74) is 5.86. The number of hydrogen-bond donors (Lipinski definition) is 4. The number of carbonyl (C=O) groups excluding carboxylic acids is 4. The zero-order chi connectivity index (χ0) is 40.8. The van der Waals surface area contributed by atoms with Gasteiger partial charge in [0.1, 0.15) is 23.7 Å². The van der Waals surface area contributed by atoms with Gasteiger partial charge in [-0.1, -0.05) is 76.2 Å². The first kappa shape index (κ1) is 39.2. The summed E-state index contributed by atoms with van der Waals surface area (Å²) in [5, 5.41) is 5.51. The van der Waals surface area contributed by atoms with Crippen LogP contribution in [0.2, 0.25) is 0 Å². The van der Waals surface area contributed by atoms with E-state index in [1.165, 1.54) is 14.2 Å². The molecule has 4 aliphatic rings. The van der Waals surface area contributed by atoms with Crippen LogP contribution in [0.1, 0.15) is 90.0 Å². The highest BCUT2D eigenvalue weighted by atomic mass is 16.5. The zero-order valence-electron chi connectivity index (χ0n) is 34.0. The number of nitrogens with one attached hydrogen (secondary N) is 4. The van der Waals surface area contributed by atoms with Crippen LogP contribution < -0.4 is 10.6 Å². The number of hydrogen-bond acceptors (Lipinski definition) is 8. The molecular weight excluding hydrogens is 737 g/mol. The van der Waals surface area contributed by atoms with Crippen LogP contribution in [0.15, 0.2) is 60.9 Å². The maximum atomic E-state index is 13.9. The summed E-state index contributed by atoms with van der Waals surface area (Å²) < 4.78 is 9.64. The highest BCUT2D eigenvalue weighted by molar-refractivity contribution is 5.88. The number of likely N-dealkylation sites (tertiary alicyclic amines) is 2. The predicted molar refractivity (Wildman–Crippen MR) is 217 cm³/mol. The van der Waals surface area contributed by atoms with Crippen molar-refractivity contribution in [3.63, 3.8) is 0 Å². The minimum atomic E-state index is -0.681. The average molecular weight is 791 g/mol. The molecule has 8 rings (SSSR count). The molecule has 4 amide bonds. The topological polar surface area (TPSA) is 175 Å². The van der Waals surface area contributed by atoms with Gasteiger partial charge in [-0.25, -0.2) is 19.6 Å². The van der Waals surface area contributed by atoms with E-state index in [9.17, 15) is 19.2 Å². The van der Waals surface area contributed by atoms with E-state index >= 15 is 0 Å². The Labute approximate surface area is 338 Å². The first-order chi connectivity index (χ1) is 27.9.